The number of alkyl halides is 3. The van der Waals surface area contributed by atoms with Crippen molar-refractivity contribution in [2.45, 2.75) is 6.18 Å². The number of nitriles is 1. The second-order valence-corrected chi connectivity index (χ2v) is 3.79. The number of carbonyl (C=O) groups excluding carboxylic acids is 2. The fraction of sp³-hybridized carbons (Fsp3) is 0.222. The van der Waals surface area contributed by atoms with E-state index in [0.29, 0.717) is 11.3 Å². The minimum absolute atomic E-state index is 0.238. The molecule has 0 saturated carbocycles. The molecule has 0 aliphatic carbocycles. The number of rotatable bonds is 2. The summed E-state index contributed by atoms with van der Waals surface area (Å²) in [5, 5.41) is 11.3. The SMILES string of the molecule is COC(=O)c1scc(C#N)c1NC(=O)C(F)(F)F. The highest BCUT2D eigenvalue weighted by molar-refractivity contribution is 7.12. The van der Waals surface area contributed by atoms with Gasteiger partial charge in [-0.1, -0.05) is 0 Å². The van der Waals surface area contributed by atoms with E-state index in [1.165, 1.54) is 5.32 Å². The van der Waals surface area contributed by atoms with Crippen molar-refractivity contribution in [1.82, 2.24) is 0 Å². The van der Waals surface area contributed by atoms with Crippen LogP contribution < -0.4 is 5.32 Å². The topological polar surface area (TPSA) is 79.2 Å². The highest BCUT2D eigenvalue weighted by Gasteiger charge is 2.40. The third-order valence-electron chi connectivity index (χ3n) is 1.78. The van der Waals surface area contributed by atoms with Crippen LogP contribution in [0.4, 0.5) is 18.9 Å². The predicted molar refractivity (Wildman–Crippen MR) is 55.1 cm³/mol. The molecule has 96 valence electrons. The van der Waals surface area contributed by atoms with Crippen LogP contribution in [-0.4, -0.2) is 25.2 Å². The molecule has 0 spiro atoms. The van der Waals surface area contributed by atoms with Gasteiger partial charge in [0, 0.05) is 5.38 Å². The molecule has 1 N–H and O–H groups in total. The Morgan fingerprint density at radius 3 is 2.56 bits per heavy atom. The van der Waals surface area contributed by atoms with Crippen molar-refractivity contribution in [2.24, 2.45) is 0 Å². The van der Waals surface area contributed by atoms with Crippen LogP contribution in [0.3, 0.4) is 0 Å². The van der Waals surface area contributed by atoms with Crippen LogP contribution in [0.5, 0.6) is 0 Å². The summed E-state index contributed by atoms with van der Waals surface area (Å²) >= 11 is 0.707. The first-order valence-corrected chi connectivity index (χ1v) is 5.17. The van der Waals surface area contributed by atoms with Crippen molar-refractivity contribution < 1.29 is 27.5 Å². The molecule has 1 aromatic heterocycles. The molecule has 0 fully saturated rings. The summed E-state index contributed by atoms with van der Waals surface area (Å²) in [7, 11) is 1.03. The summed E-state index contributed by atoms with van der Waals surface area (Å²) in [5.41, 5.74) is -0.727. The normalized spacial score (nSPS) is 10.6. The van der Waals surface area contributed by atoms with E-state index < -0.39 is 23.7 Å². The lowest BCUT2D eigenvalue weighted by Crippen LogP contribution is -2.30. The number of thiophene rings is 1. The molecule has 0 aromatic carbocycles. The van der Waals surface area contributed by atoms with Gasteiger partial charge in [0.1, 0.15) is 10.9 Å². The number of methoxy groups -OCH3 is 1. The number of amides is 1. The standard InChI is InChI=1S/C9H5F3N2O3S/c1-17-7(15)6-5(4(2-13)3-18-6)14-8(16)9(10,11)12/h3H,1H3,(H,14,16). The fourth-order valence-corrected chi connectivity index (χ4v) is 1.86. The molecule has 18 heavy (non-hydrogen) atoms. The summed E-state index contributed by atoms with van der Waals surface area (Å²) < 4.78 is 40.6. The first-order chi connectivity index (χ1) is 8.31. The van der Waals surface area contributed by atoms with Gasteiger partial charge in [-0.25, -0.2) is 4.79 Å². The van der Waals surface area contributed by atoms with E-state index >= 15 is 0 Å². The Balaban J connectivity index is 3.15. The second kappa shape index (κ2) is 5.05. The lowest BCUT2D eigenvalue weighted by Gasteiger charge is -2.08. The quantitative estimate of drug-likeness (QED) is 0.838. The minimum atomic E-state index is -5.11. The summed E-state index contributed by atoms with van der Waals surface area (Å²) in [6.07, 6.45) is -5.11. The van der Waals surface area contributed by atoms with Crippen LogP contribution in [0.15, 0.2) is 5.38 Å². The Labute approximate surface area is 103 Å². The maximum absolute atomic E-state index is 12.1. The van der Waals surface area contributed by atoms with Crippen molar-refractivity contribution in [3.05, 3.63) is 15.8 Å². The summed E-state index contributed by atoms with van der Waals surface area (Å²) in [5.74, 6) is -3.19. The van der Waals surface area contributed by atoms with Gasteiger partial charge in [0.15, 0.2) is 0 Å². The highest BCUT2D eigenvalue weighted by Crippen LogP contribution is 2.30. The maximum atomic E-state index is 12.1. The monoisotopic (exact) mass is 278 g/mol. The van der Waals surface area contributed by atoms with Gasteiger partial charge in [0.25, 0.3) is 0 Å². The van der Waals surface area contributed by atoms with Gasteiger partial charge < -0.3 is 10.1 Å². The first kappa shape index (κ1) is 14.0. The average molecular weight is 278 g/mol. The molecule has 1 aromatic rings. The lowest BCUT2D eigenvalue weighted by molar-refractivity contribution is -0.167. The molecule has 1 rings (SSSR count). The fourth-order valence-electron chi connectivity index (χ4n) is 0.992. The number of hydrogen-bond acceptors (Lipinski definition) is 5. The third kappa shape index (κ3) is 2.78. The maximum Gasteiger partial charge on any atom is 0.471 e. The van der Waals surface area contributed by atoms with E-state index in [1.54, 1.807) is 6.07 Å². The number of carbonyl (C=O) groups is 2. The molecule has 0 saturated heterocycles. The summed E-state index contributed by atoms with van der Waals surface area (Å²) in [6.45, 7) is 0. The first-order valence-electron chi connectivity index (χ1n) is 4.29. The molecule has 0 aliphatic heterocycles. The van der Waals surface area contributed by atoms with Crippen LogP contribution in [0.1, 0.15) is 15.2 Å². The lowest BCUT2D eigenvalue weighted by atomic mass is 10.2. The van der Waals surface area contributed by atoms with Gasteiger partial charge in [-0.2, -0.15) is 18.4 Å². The van der Waals surface area contributed by atoms with Gasteiger partial charge in [-0.3, -0.25) is 4.79 Å². The third-order valence-corrected chi connectivity index (χ3v) is 2.74. The van der Waals surface area contributed by atoms with Crippen molar-refractivity contribution in [3.63, 3.8) is 0 Å². The molecular formula is C9H5F3N2O3S. The van der Waals surface area contributed by atoms with Crippen LogP contribution >= 0.6 is 11.3 Å². The van der Waals surface area contributed by atoms with Gasteiger partial charge in [0.05, 0.1) is 18.4 Å². The Bertz CT molecular complexity index is 530. The summed E-state index contributed by atoms with van der Waals surface area (Å²) in [6, 6.07) is 1.57. The van der Waals surface area contributed by atoms with E-state index in [1.807, 2.05) is 0 Å². The second-order valence-electron chi connectivity index (χ2n) is 2.91. The molecule has 1 heterocycles. The van der Waals surface area contributed by atoms with E-state index in [0.717, 1.165) is 12.5 Å². The number of halogens is 3. The van der Waals surface area contributed by atoms with E-state index in [2.05, 4.69) is 4.74 Å². The number of hydrogen-bond donors (Lipinski definition) is 1. The number of nitrogens with zero attached hydrogens (tertiary/aromatic N) is 1. The van der Waals surface area contributed by atoms with E-state index in [9.17, 15) is 22.8 Å². The largest absolute Gasteiger partial charge is 0.471 e. The molecule has 0 radical (unpaired) electrons. The zero-order valence-corrected chi connectivity index (χ0v) is 9.61. The van der Waals surface area contributed by atoms with Gasteiger partial charge in [-0.15, -0.1) is 11.3 Å². The van der Waals surface area contributed by atoms with Crippen molar-refractivity contribution in [2.75, 3.05) is 12.4 Å². The Morgan fingerprint density at radius 1 is 1.50 bits per heavy atom. The molecule has 0 atom stereocenters. The molecule has 0 aliphatic rings. The highest BCUT2D eigenvalue weighted by atomic mass is 32.1. The van der Waals surface area contributed by atoms with Crippen LogP contribution in [-0.2, 0) is 9.53 Å². The average Bonchev–Trinajstić information content (AvgIpc) is 2.69. The number of esters is 1. The van der Waals surface area contributed by atoms with Gasteiger partial charge in [0.2, 0.25) is 0 Å². The van der Waals surface area contributed by atoms with Gasteiger partial charge in [-0.05, 0) is 0 Å². The van der Waals surface area contributed by atoms with Gasteiger partial charge >= 0.3 is 18.1 Å². The Hall–Kier alpha value is -2.08. The molecule has 5 nitrogen and oxygen atoms in total. The Kier molecular flexibility index (Phi) is 3.93. The van der Waals surface area contributed by atoms with Crippen LogP contribution in [0.25, 0.3) is 0 Å². The Morgan fingerprint density at radius 2 is 2.11 bits per heavy atom. The van der Waals surface area contributed by atoms with Crippen molar-refractivity contribution >= 4 is 28.9 Å². The van der Waals surface area contributed by atoms with Crippen LogP contribution in [0.2, 0.25) is 0 Å². The van der Waals surface area contributed by atoms with Crippen molar-refractivity contribution in [1.29, 1.82) is 5.26 Å². The molecular weight excluding hydrogens is 273 g/mol. The molecule has 0 bridgehead atoms. The number of anilines is 1. The molecule has 9 heteroatoms. The van der Waals surface area contributed by atoms with Crippen LogP contribution in [0, 0.1) is 11.3 Å². The smallest absolute Gasteiger partial charge is 0.465 e. The minimum Gasteiger partial charge on any atom is -0.465 e. The molecule has 1 amide bonds. The zero-order chi connectivity index (χ0) is 13.9. The number of ether oxygens (including phenoxy) is 1. The predicted octanol–water partition coefficient (Wildman–Crippen LogP) is 1.91. The van der Waals surface area contributed by atoms with E-state index in [-0.39, 0.29) is 10.4 Å². The number of nitrogens with one attached hydrogen (secondary N) is 1. The zero-order valence-electron chi connectivity index (χ0n) is 8.79. The summed E-state index contributed by atoms with van der Waals surface area (Å²) in [4.78, 5) is 21.7. The van der Waals surface area contributed by atoms with Crippen molar-refractivity contribution in [3.8, 4) is 6.07 Å². The molecule has 0 unspecified atom stereocenters. The van der Waals surface area contributed by atoms with E-state index in [4.69, 9.17) is 5.26 Å².